The van der Waals surface area contributed by atoms with E-state index in [1.54, 1.807) is 0 Å². The SMILES string of the molecule is O=[N+]([O-])c1ccc(ON2P(Oc3ccc([N+](=O)[O-])cc3)N=P(Oc3ccc([N+](=O)[O-])cc3)(Oc3ccc([N+](=O)[O-])cc3)N(Oc3ccc([N+](=O)[O-])cc3)P2Oc2ccc([N+](=O)[O-])cc2)cc1. The average Bonchev–Trinajstić information content (AvgIpc) is 3.29. The monoisotopic (exact) mass is 963 g/mol. The van der Waals surface area contributed by atoms with Crippen molar-refractivity contribution in [1.29, 1.82) is 0 Å². The maximum Gasteiger partial charge on any atom is 0.447 e. The van der Waals surface area contributed by atoms with Crippen LogP contribution >= 0.6 is 24.6 Å². The molecule has 0 aromatic heterocycles. The summed E-state index contributed by atoms with van der Waals surface area (Å²) < 4.78 is 32.8. The molecule has 1 aliphatic rings. The number of nitro groups is 6. The molecule has 1 heterocycles. The van der Waals surface area contributed by atoms with Gasteiger partial charge in [-0.05, 0) is 72.8 Å². The lowest BCUT2D eigenvalue weighted by Crippen LogP contribution is -2.37. The van der Waals surface area contributed by atoms with E-state index in [0.29, 0.717) is 0 Å². The third-order valence-electron chi connectivity index (χ3n) is 8.33. The van der Waals surface area contributed by atoms with E-state index < -0.39 is 54.1 Å². The van der Waals surface area contributed by atoms with Crippen molar-refractivity contribution in [3.63, 3.8) is 0 Å². The van der Waals surface area contributed by atoms with Gasteiger partial charge >= 0.3 is 24.6 Å². The first-order valence-corrected chi connectivity index (χ1v) is 21.8. The minimum Gasteiger partial charge on any atom is -0.440 e. The van der Waals surface area contributed by atoms with Crippen LogP contribution in [0.15, 0.2) is 150 Å². The van der Waals surface area contributed by atoms with Gasteiger partial charge in [-0.2, -0.15) is 0 Å². The Labute approximate surface area is 369 Å². The molecule has 7 rings (SSSR count). The van der Waals surface area contributed by atoms with Gasteiger partial charge in [0, 0.05) is 82.0 Å². The molecule has 30 heteroatoms. The van der Waals surface area contributed by atoms with Gasteiger partial charge in [0.05, 0.1) is 29.5 Å². The van der Waals surface area contributed by atoms with Crippen LogP contribution in [-0.2, 0) is 0 Å². The molecule has 0 radical (unpaired) electrons. The first-order chi connectivity index (χ1) is 31.6. The molecule has 27 nitrogen and oxygen atoms in total. The summed E-state index contributed by atoms with van der Waals surface area (Å²) in [4.78, 5) is 78.4. The van der Waals surface area contributed by atoms with Gasteiger partial charge in [0.1, 0.15) is 34.5 Å². The summed E-state index contributed by atoms with van der Waals surface area (Å²) in [6.45, 7) is 0. The molecule has 0 saturated heterocycles. The lowest BCUT2D eigenvalue weighted by atomic mass is 10.3. The number of hydrogen-bond acceptors (Lipinski definition) is 21. The van der Waals surface area contributed by atoms with E-state index >= 15 is 0 Å². The second kappa shape index (κ2) is 19.5. The fourth-order valence-corrected chi connectivity index (χ4v) is 12.7. The van der Waals surface area contributed by atoms with E-state index in [1.165, 1.54) is 72.8 Å². The number of benzene rings is 6. The smallest absolute Gasteiger partial charge is 0.440 e. The molecule has 0 spiro atoms. The first kappa shape index (κ1) is 45.6. The zero-order chi connectivity index (χ0) is 47.1. The Morgan fingerprint density at radius 2 is 0.652 bits per heavy atom. The summed E-state index contributed by atoms with van der Waals surface area (Å²) in [5.74, 6) is -0.806. The molecule has 0 saturated carbocycles. The molecule has 1 aliphatic heterocycles. The molecule has 66 heavy (non-hydrogen) atoms. The van der Waals surface area contributed by atoms with E-state index in [-0.39, 0.29) is 68.6 Å². The zero-order valence-electron chi connectivity index (χ0n) is 32.6. The molecule has 336 valence electrons. The lowest BCUT2D eigenvalue weighted by Gasteiger charge is -2.43. The van der Waals surface area contributed by atoms with Gasteiger partial charge in [0.2, 0.25) is 0 Å². The van der Waals surface area contributed by atoms with Crippen LogP contribution in [-0.4, -0.2) is 38.7 Å². The van der Waals surface area contributed by atoms with Crippen LogP contribution in [0.25, 0.3) is 0 Å². The molecule has 0 bridgehead atoms. The van der Waals surface area contributed by atoms with Crippen LogP contribution in [0.1, 0.15) is 0 Å². The second-order valence-corrected chi connectivity index (χ2v) is 18.2. The standard InChI is InChI=1S/C36H24N9O18P3/c46-38(47)25-1-13-31(14-2-25)58-44-64(60-33-17-5-27(6-18-33)40(50)51)37-66(62-35-21-9-29(10-22-35)42(54)55,63-36-23-11-30(12-24-36)43(56)57)45(59-32-15-3-26(4-16-32)39(48)49)65(44)61-34-19-7-28(8-20-34)41(52)53/h1-24H. The second-order valence-electron chi connectivity index (χ2n) is 12.6. The highest BCUT2D eigenvalue weighted by Gasteiger charge is 2.58. The first-order valence-electron chi connectivity index (χ1n) is 18.0. The van der Waals surface area contributed by atoms with E-state index in [1.807, 2.05) is 0 Å². The van der Waals surface area contributed by atoms with Gasteiger partial charge < -0.3 is 27.8 Å². The molecule has 6 aromatic carbocycles. The van der Waals surface area contributed by atoms with Crippen molar-refractivity contribution in [2.45, 2.75) is 0 Å². The Bertz CT molecular complexity index is 2800. The largest absolute Gasteiger partial charge is 0.447 e. The molecule has 0 aliphatic carbocycles. The Morgan fingerprint density at radius 3 is 0.970 bits per heavy atom. The van der Waals surface area contributed by atoms with Crippen molar-refractivity contribution >= 4 is 58.7 Å². The normalized spacial score (nSPS) is 15.5. The number of hydrogen-bond donors (Lipinski definition) is 0. The molecular weight excluding hydrogens is 939 g/mol. The maximum atomic E-state index is 11.6. The van der Waals surface area contributed by atoms with E-state index in [0.717, 1.165) is 82.0 Å². The summed E-state index contributed by atoms with van der Waals surface area (Å²) in [6.07, 6.45) is 0. The van der Waals surface area contributed by atoms with E-state index in [9.17, 15) is 60.7 Å². The fraction of sp³-hybridized carbons (Fsp3) is 0. The van der Waals surface area contributed by atoms with Gasteiger partial charge in [-0.25, -0.2) is 0 Å². The minimum atomic E-state index is -4.68. The van der Waals surface area contributed by atoms with Gasteiger partial charge in [-0.3, -0.25) is 60.7 Å². The van der Waals surface area contributed by atoms with Crippen LogP contribution in [0.5, 0.6) is 34.5 Å². The van der Waals surface area contributed by atoms with Gasteiger partial charge in [0.15, 0.2) is 0 Å². The van der Waals surface area contributed by atoms with Crippen molar-refractivity contribution in [2.24, 2.45) is 4.52 Å². The summed E-state index contributed by atoms with van der Waals surface area (Å²) in [5, 5.41) is 69.7. The topological polar surface area (TPSA) is 333 Å². The fourth-order valence-electron chi connectivity index (χ4n) is 5.22. The van der Waals surface area contributed by atoms with E-state index in [2.05, 4.69) is 0 Å². The molecule has 2 atom stereocenters. The minimum absolute atomic E-state index is 0.0773. The third kappa shape index (κ3) is 10.6. The Kier molecular flexibility index (Phi) is 13.5. The molecule has 0 fully saturated rings. The highest BCUT2D eigenvalue weighted by molar-refractivity contribution is 7.78. The highest BCUT2D eigenvalue weighted by atomic mass is 31.3. The van der Waals surface area contributed by atoms with Crippen LogP contribution in [0.4, 0.5) is 34.1 Å². The van der Waals surface area contributed by atoms with Gasteiger partial charge in [-0.15, -0.1) is 4.52 Å². The van der Waals surface area contributed by atoms with Crippen LogP contribution < -0.4 is 27.8 Å². The number of nitro benzene ring substituents is 6. The van der Waals surface area contributed by atoms with Crippen molar-refractivity contribution in [3.8, 4) is 34.5 Å². The van der Waals surface area contributed by atoms with E-state index in [4.69, 9.17) is 32.3 Å². The Morgan fingerprint density at radius 1 is 0.379 bits per heavy atom. The van der Waals surface area contributed by atoms with Gasteiger partial charge in [0.25, 0.3) is 34.1 Å². The molecule has 0 amide bonds. The zero-order valence-corrected chi connectivity index (χ0v) is 35.3. The molecular formula is C36H24N9O18P3. The molecule has 0 N–H and O–H groups in total. The summed E-state index contributed by atoms with van der Waals surface area (Å²) in [6, 6.07) is 27.4. The predicted octanol–water partition coefficient (Wildman–Crippen LogP) is 10.8. The average molecular weight is 964 g/mol. The predicted molar refractivity (Wildman–Crippen MR) is 229 cm³/mol. The third-order valence-corrected chi connectivity index (χ3v) is 15.2. The highest BCUT2D eigenvalue weighted by Crippen LogP contribution is 2.77. The quantitative estimate of drug-likeness (QED) is 0.0439. The summed E-state index contributed by atoms with van der Waals surface area (Å²) in [7, 11) is -10.5. The Balaban J connectivity index is 1.51. The van der Waals surface area contributed by atoms with Crippen molar-refractivity contribution in [3.05, 3.63) is 206 Å². The lowest BCUT2D eigenvalue weighted by molar-refractivity contribution is -0.385. The van der Waals surface area contributed by atoms with Crippen LogP contribution in [0.2, 0.25) is 0 Å². The number of non-ortho nitro benzene ring substituents is 6. The maximum absolute atomic E-state index is 11.6. The Hall–Kier alpha value is -8.47. The van der Waals surface area contributed by atoms with Gasteiger partial charge in [-0.1, -0.05) is 0 Å². The summed E-state index contributed by atoms with van der Waals surface area (Å²) in [5.41, 5.74) is -2.09. The van der Waals surface area contributed by atoms with Crippen LogP contribution in [0, 0.1) is 60.7 Å². The van der Waals surface area contributed by atoms with Crippen molar-refractivity contribution in [2.75, 3.05) is 0 Å². The molecule has 2 unspecified atom stereocenters. The van der Waals surface area contributed by atoms with Crippen molar-refractivity contribution in [1.82, 2.24) is 9.21 Å². The summed E-state index contributed by atoms with van der Waals surface area (Å²) >= 11 is 0. The van der Waals surface area contributed by atoms with Crippen molar-refractivity contribution < 1.29 is 57.3 Å². The molecule has 6 aromatic rings. The van der Waals surface area contributed by atoms with Crippen LogP contribution in [0.3, 0.4) is 0 Å². The number of rotatable bonds is 18. The number of nitrogens with zero attached hydrogens (tertiary/aromatic N) is 9.